The molecule has 2 aliphatic heterocycles. The van der Waals surface area contributed by atoms with Gasteiger partial charge in [-0.2, -0.15) is 13.2 Å². The van der Waals surface area contributed by atoms with E-state index in [4.69, 9.17) is 4.98 Å². The summed E-state index contributed by atoms with van der Waals surface area (Å²) < 4.78 is 97.9. The lowest BCUT2D eigenvalue weighted by atomic mass is 9.76. The van der Waals surface area contributed by atoms with Gasteiger partial charge in [0, 0.05) is 49.0 Å². The van der Waals surface area contributed by atoms with Gasteiger partial charge in [-0.1, -0.05) is 67.6 Å². The number of piperidine rings is 1. The van der Waals surface area contributed by atoms with E-state index in [1.165, 1.54) is 0 Å². The number of carboxylic acid groups (broad SMARTS) is 1. The first kappa shape index (κ1) is 38.4. The van der Waals surface area contributed by atoms with Crippen molar-refractivity contribution < 1.29 is 45.4 Å². The van der Waals surface area contributed by atoms with Crippen molar-refractivity contribution in [1.29, 1.82) is 0 Å². The molecule has 0 spiro atoms. The van der Waals surface area contributed by atoms with E-state index in [1.54, 1.807) is 37.4 Å². The molecule has 0 bridgehead atoms. The van der Waals surface area contributed by atoms with Crippen LogP contribution in [-0.2, 0) is 22.6 Å². The van der Waals surface area contributed by atoms with E-state index in [1.807, 2.05) is 41.3 Å². The normalized spacial score (nSPS) is 20.4. The molecular weight excluding hydrogens is 705 g/mol. The van der Waals surface area contributed by atoms with E-state index in [2.05, 4.69) is 5.32 Å². The van der Waals surface area contributed by atoms with Gasteiger partial charge in [0.2, 0.25) is 5.91 Å². The molecule has 284 valence electrons. The van der Waals surface area contributed by atoms with Crippen molar-refractivity contribution in [2.24, 2.45) is 11.3 Å². The van der Waals surface area contributed by atoms with Crippen LogP contribution in [-0.4, -0.2) is 89.1 Å². The first-order chi connectivity index (χ1) is 25.1. The number of alkyl halides is 7. The number of nitrogens with zero attached hydrogens (tertiary/aromatic N) is 3. The van der Waals surface area contributed by atoms with Gasteiger partial charge in [-0.25, -0.2) is 22.4 Å². The van der Waals surface area contributed by atoms with E-state index in [-0.39, 0.29) is 32.5 Å². The maximum atomic E-state index is 14.4. The zero-order chi connectivity index (χ0) is 38.1. The van der Waals surface area contributed by atoms with Gasteiger partial charge < -0.3 is 10.4 Å². The Balaban J connectivity index is 1.28. The van der Waals surface area contributed by atoms with Crippen molar-refractivity contribution in [3.8, 4) is 11.3 Å². The second-order valence-corrected chi connectivity index (χ2v) is 14.3. The molecule has 4 aromatic rings. The average Bonchev–Trinajstić information content (AvgIpc) is 3.24. The van der Waals surface area contributed by atoms with Gasteiger partial charge >= 0.3 is 12.1 Å². The molecule has 2 saturated heterocycles. The molecule has 1 aromatic heterocycles. The minimum absolute atomic E-state index is 0.214. The van der Waals surface area contributed by atoms with Crippen LogP contribution in [0.25, 0.3) is 32.8 Å². The Morgan fingerprint density at radius 2 is 1.49 bits per heavy atom. The number of likely N-dealkylation sites (tertiary alicyclic amines) is 2. The molecule has 0 aliphatic carbocycles. The number of carbonyl (C=O) groups excluding carboxylic acids is 1. The van der Waals surface area contributed by atoms with Crippen LogP contribution >= 0.6 is 0 Å². The summed E-state index contributed by atoms with van der Waals surface area (Å²) in [5.41, 5.74) is -0.201. The highest BCUT2D eigenvalue weighted by atomic mass is 19.4. The van der Waals surface area contributed by atoms with E-state index >= 15 is 0 Å². The molecule has 1 unspecified atom stereocenters. The van der Waals surface area contributed by atoms with Crippen LogP contribution in [0.3, 0.4) is 0 Å². The fourth-order valence-corrected chi connectivity index (χ4v) is 7.67. The standard InChI is InChI=1S/C39H41F7N4O3/c1-24-12-16-49(19-15-38(24,42)43)22-26-21-47-34(30-8-3-2-7-28(26)30)31-11-5-9-27-25(6-4-10-29(27)31)20-32(35(51)52)48-36(53)37(39(44,45)46)13-17-50(18-14-37)23-33(40)41/h2-11,21,24,32-33H,12-20,22-23H2,1H3,(H,48,53)(H,51,52)/t24?,32-/m0/s1. The predicted octanol–water partition coefficient (Wildman–Crippen LogP) is 7.94. The first-order valence-corrected chi connectivity index (χ1v) is 17.7. The zero-order valence-corrected chi connectivity index (χ0v) is 29.1. The molecule has 3 aromatic carbocycles. The minimum atomic E-state index is -5.03. The van der Waals surface area contributed by atoms with Crippen LogP contribution in [0, 0.1) is 11.3 Å². The van der Waals surface area contributed by atoms with Crippen LogP contribution in [0.5, 0.6) is 0 Å². The average molecular weight is 747 g/mol. The Morgan fingerprint density at radius 1 is 0.868 bits per heavy atom. The van der Waals surface area contributed by atoms with Crippen molar-refractivity contribution in [2.45, 2.75) is 70.1 Å². The molecule has 2 fully saturated rings. The minimum Gasteiger partial charge on any atom is -0.480 e. The van der Waals surface area contributed by atoms with Crippen LogP contribution in [0.1, 0.15) is 43.7 Å². The summed E-state index contributed by atoms with van der Waals surface area (Å²) >= 11 is 0. The SMILES string of the molecule is CC1CCN(Cc2cnc(-c3cccc4c(C[C@H](NC(=O)C5(C(F)(F)F)CCN(CC(F)F)CC5)C(=O)O)cccc34)c3ccccc23)CCC1(F)F. The van der Waals surface area contributed by atoms with Gasteiger partial charge in [0.05, 0.1) is 12.2 Å². The van der Waals surface area contributed by atoms with Crippen LogP contribution < -0.4 is 5.32 Å². The third-order valence-electron chi connectivity index (χ3n) is 11.0. The van der Waals surface area contributed by atoms with Crippen molar-refractivity contribution in [3.05, 3.63) is 78.0 Å². The van der Waals surface area contributed by atoms with Gasteiger partial charge in [-0.15, -0.1) is 0 Å². The number of hydrogen-bond donors (Lipinski definition) is 2. The highest BCUT2D eigenvalue weighted by Crippen LogP contribution is 2.47. The molecule has 0 saturated carbocycles. The van der Waals surface area contributed by atoms with Crippen molar-refractivity contribution in [3.63, 3.8) is 0 Å². The smallest absolute Gasteiger partial charge is 0.403 e. The summed E-state index contributed by atoms with van der Waals surface area (Å²) in [5.74, 6) is -6.44. The third-order valence-corrected chi connectivity index (χ3v) is 11.0. The molecular formula is C39H41F7N4O3. The fraction of sp³-hybridized carbons (Fsp3) is 0.462. The highest BCUT2D eigenvalue weighted by Gasteiger charge is 2.61. The lowest BCUT2D eigenvalue weighted by Gasteiger charge is -2.41. The summed E-state index contributed by atoms with van der Waals surface area (Å²) in [6.07, 6.45) is -7.73. The number of fused-ring (bicyclic) bond motifs is 2. The molecule has 2 aliphatic rings. The molecule has 53 heavy (non-hydrogen) atoms. The summed E-state index contributed by atoms with van der Waals surface area (Å²) in [5, 5.41) is 15.3. The number of aliphatic carboxylic acids is 1. The second kappa shape index (κ2) is 15.2. The number of carboxylic acids is 1. The third kappa shape index (κ3) is 7.98. The van der Waals surface area contributed by atoms with Crippen molar-refractivity contribution >= 4 is 33.4 Å². The lowest BCUT2D eigenvalue weighted by Crippen LogP contribution is -2.59. The van der Waals surface area contributed by atoms with E-state index in [0.717, 1.165) is 26.8 Å². The molecule has 3 heterocycles. The predicted molar refractivity (Wildman–Crippen MR) is 187 cm³/mol. The maximum Gasteiger partial charge on any atom is 0.403 e. The number of aromatic nitrogens is 1. The van der Waals surface area contributed by atoms with Gasteiger partial charge in [0.1, 0.15) is 11.5 Å². The fourth-order valence-electron chi connectivity index (χ4n) is 7.67. The van der Waals surface area contributed by atoms with Crippen LogP contribution in [0.4, 0.5) is 30.7 Å². The van der Waals surface area contributed by atoms with Crippen LogP contribution in [0.15, 0.2) is 66.9 Å². The number of nitrogens with one attached hydrogen (secondary N) is 1. The van der Waals surface area contributed by atoms with Gasteiger partial charge in [-0.05, 0) is 66.2 Å². The summed E-state index contributed by atoms with van der Waals surface area (Å²) in [6.45, 7) is 1.33. The Labute approximate surface area is 302 Å². The molecule has 0 radical (unpaired) electrons. The zero-order valence-electron chi connectivity index (χ0n) is 29.1. The molecule has 2 N–H and O–H groups in total. The molecule has 6 rings (SSSR count). The lowest BCUT2D eigenvalue weighted by molar-refractivity contribution is -0.233. The van der Waals surface area contributed by atoms with Gasteiger partial charge in [0.25, 0.3) is 12.3 Å². The number of rotatable bonds is 10. The quantitative estimate of drug-likeness (QED) is 0.160. The molecule has 14 heteroatoms. The number of amides is 1. The monoisotopic (exact) mass is 746 g/mol. The summed E-state index contributed by atoms with van der Waals surface area (Å²) in [6, 6.07) is 16.5. The number of carbonyl (C=O) groups is 2. The molecule has 2 atom stereocenters. The Morgan fingerprint density at radius 3 is 2.17 bits per heavy atom. The molecule has 1 amide bonds. The van der Waals surface area contributed by atoms with E-state index < -0.39 is 67.2 Å². The number of halogens is 7. The first-order valence-electron chi connectivity index (χ1n) is 17.7. The topological polar surface area (TPSA) is 85.8 Å². The number of pyridine rings is 1. The Hall–Kier alpha value is -4.30. The largest absolute Gasteiger partial charge is 0.480 e. The summed E-state index contributed by atoms with van der Waals surface area (Å²) in [7, 11) is 0. The van der Waals surface area contributed by atoms with Crippen LogP contribution in [0.2, 0.25) is 0 Å². The van der Waals surface area contributed by atoms with Gasteiger partial charge in [0.15, 0.2) is 0 Å². The van der Waals surface area contributed by atoms with Crippen molar-refractivity contribution in [1.82, 2.24) is 20.1 Å². The van der Waals surface area contributed by atoms with Crippen molar-refractivity contribution in [2.75, 3.05) is 32.7 Å². The summed E-state index contributed by atoms with van der Waals surface area (Å²) in [4.78, 5) is 33.8. The van der Waals surface area contributed by atoms with Gasteiger partial charge in [-0.3, -0.25) is 19.6 Å². The highest BCUT2D eigenvalue weighted by molar-refractivity contribution is 6.05. The second-order valence-electron chi connectivity index (χ2n) is 14.3. The Bertz CT molecular complexity index is 1960. The number of hydrogen-bond acceptors (Lipinski definition) is 5. The Kier molecular flexibility index (Phi) is 11.0. The molecule has 7 nitrogen and oxygen atoms in total. The number of benzene rings is 3. The van der Waals surface area contributed by atoms with E-state index in [0.29, 0.717) is 41.5 Å². The maximum absolute atomic E-state index is 14.4. The van der Waals surface area contributed by atoms with E-state index in [9.17, 15) is 45.4 Å².